The van der Waals surface area contributed by atoms with Gasteiger partial charge in [0.25, 0.3) is 0 Å². The number of nitrogens with zero attached hydrogens (tertiary/aromatic N) is 1. The Kier molecular flexibility index (Phi) is 1.94. The molecule has 0 saturated heterocycles. The summed E-state index contributed by atoms with van der Waals surface area (Å²) in [7, 11) is 1.97. The number of hydrogen-bond donors (Lipinski definition) is 2. The molecule has 1 aliphatic rings. The van der Waals surface area contributed by atoms with Crippen LogP contribution < -0.4 is 5.32 Å². The maximum Gasteiger partial charge on any atom is 0.197 e. The molecule has 4 heteroatoms. The minimum Gasteiger partial charge on any atom is -0.333 e. The molecule has 3 nitrogen and oxygen atoms in total. The lowest BCUT2D eigenvalue weighted by atomic mass is 10.2. The Balaban J connectivity index is 2.49. The molecule has 0 spiro atoms. The molecule has 1 aromatic heterocycles. The van der Waals surface area contributed by atoms with Gasteiger partial charge >= 0.3 is 0 Å². The van der Waals surface area contributed by atoms with Gasteiger partial charge in [0.15, 0.2) is 4.77 Å². The van der Waals surface area contributed by atoms with Crippen molar-refractivity contribution in [1.82, 2.24) is 15.3 Å². The fourth-order valence-electron chi connectivity index (χ4n) is 1.68. The smallest absolute Gasteiger partial charge is 0.197 e. The molecule has 0 fully saturated rings. The van der Waals surface area contributed by atoms with Crippen molar-refractivity contribution < 1.29 is 0 Å². The van der Waals surface area contributed by atoms with Crippen LogP contribution in [-0.4, -0.2) is 17.0 Å². The summed E-state index contributed by atoms with van der Waals surface area (Å²) in [6.07, 6.45) is 4.12. The van der Waals surface area contributed by atoms with E-state index < -0.39 is 0 Å². The first-order chi connectivity index (χ1) is 5.81. The highest BCUT2D eigenvalue weighted by Crippen LogP contribution is 2.27. The van der Waals surface area contributed by atoms with E-state index in [1.165, 1.54) is 11.3 Å². The molecule has 1 atom stereocenters. The summed E-state index contributed by atoms with van der Waals surface area (Å²) in [6.45, 7) is 0. The van der Waals surface area contributed by atoms with Crippen molar-refractivity contribution in [1.29, 1.82) is 0 Å². The number of fused-ring (bicyclic) bond motifs is 1. The number of aromatic amines is 1. The lowest BCUT2D eigenvalue weighted by molar-refractivity contribution is 0.578. The van der Waals surface area contributed by atoms with Crippen molar-refractivity contribution in [2.75, 3.05) is 7.05 Å². The Morgan fingerprint density at radius 3 is 3.33 bits per heavy atom. The van der Waals surface area contributed by atoms with Crippen LogP contribution >= 0.6 is 12.2 Å². The Bertz CT molecular complexity index is 344. The van der Waals surface area contributed by atoms with Gasteiger partial charge in [-0.05, 0) is 37.7 Å². The Hall–Kier alpha value is -0.740. The second-order valence-corrected chi connectivity index (χ2v) is 3.39. The van der Waals surface area contributed by atoms with Crippen LogP contribution in [0.1, 0.15) is 23.7 Å². The third kappa shape index (κ3) is 1.17. The van der Waals surface area contributed by atoms with Crippen LogP contribution in [0.2, 0.25) is 0 Å². The quantitative estimate of drug-likeness (QED) is 0.642. The van der Waals surface area contributed by atoms with E-state index >= 15 is 0 Å². The van der Waals surface area contributed by atoms with Crippen LogP contribution in [-0.2, 0) is 6.42 Å². The first kappa shape index (κ1) is 7.89. The van der Waals surface area contributed by atoms with Crippen LogP contribution in [0, 0.1) is 4.77 Å². The molecule has 1 heterocycles. The van der Waals surface area contributed by atoms with Gasteiger partial charge in [0.05, 0.1) is 0 Å². The molecule has 1 aliphatic carbocycles. The summed E-state index contributed by atoms with van der Waals surface area (Å²) >= 11 is 4.96. The van der Waals surface area contributed by atoms with E-state index in [9.17, 15) is 0 Å². The Morgan fingerprint density at radius 1 is 1.75 bits per heavy atom. The molecule has 0 bridgehead atoms. The van der Waals surface area contributed by atoms with Gasteiger partial charge < -0.3 is 10.3 Å². The highest BCUT2D eigenvalue weighted by Gasteiger charge is 2.21. The second-order valence-electron chi connectivity index (χ2n) is 3.01. The van der Waals surface area contributed by atoms with E-state index in [-0.39, 0.29) is 0 Å². The van der Waals surface area contributed by atoms with Crippen LogP contribution in [0.15, 0.2) is 6.20 Å². The molecule has 2 N–H and O–H groups in total. The minimum atomic E-state index is 0.435. The van der Waals surface area contributed by atoms with Gasteiger partial charge in [-0.15, -0.1) is 0 Å². The number of aryl methyl sites for hydroxylation is 1. The molecular formula is C8H11N3S. The van der Waals surface area contributed by atoms with E-state index in [2.05, 4.69) is 15.3 Å². The van der Waals surface area contributed by atoms with E-state index in [1.807, 2.05) is 13.2 Å². The van der Waals surface area contributed by atoms with Crippen LogP contribution in [0.5, 0.6) is 0 Å². The van der Waals surface area contributed by atoms with Crippen LogP contribution in [0.3, 0.4) is 0 Å². The summed E-state index contributed by atoms with van der Waals surface area (Å²) < 4.78 is 0.580. The molecule has 12 heavy (non-hydrogen) atoms. The van der Waals surface area contributed by atoms with Crippen LogP contribution in [0.4, 0.5) is 0 Å². The number of nitrogens with one attached hydrogen (secondary N) is 2. The van der Waals surface area contributed by atoms with Gasteiger partial charge in [-0.3, -0.25) is 0 Å². The average Bonchev–Trinajstić information content (AvgIpc) is 2.46. The van der Waals surface area contributed by atoms with Gasteiger partial charge in [-0.25, -0.2) is 4.98 Å². The third-order valence-electron chi connectivity index (χ3n) is 2.32. The largest absolute Gasteiger partial charge is 0.333 e. The van der Waals surface area contributed by atoms with Gasteiger partial charge in [-0.1, -0.05) is 0 Å². The molecule has 0 amide bonds. The summed E-state index contributed by atoms with van der Waals surface area (Å²) in [5.74, 6) is 0. The van der Waals surface area contributed by atoms with Crippen molar-refractivity contribution >= 4 is 12.2 Å². The molecule has 0 aliphatic heterocycles. The van der Waals surface area contributed by atoms with Crippen molar-refractivity contribution in [3.63, 3.8) is 0 Å². The predicted octanol–water partition coefficient (Wildman–Crippen LogP) is 1.35. The number of rotatable bonds is 1. The maximum absolute atomic E-state index is 4.96. The van der Waals surface area contributed by atoms with Gasteiger partial charge in [0.1, 0.15) is 0 Å². The first-order valence-electron chi connectivity index (χ1n) is 4.06. The Morgan fingerprint density at radius 2 is 2.58 bits per heavy atom. The fraction of sp³-hybridized carbons (Fsp3) is 0.500. The molecule has 2 rings (SSSR count). The Labute approximate surface area is 76.2 Å². The molecule has 64 valence electrons. The van der Waals surface area contributed by atoms with E-state index in [1.54, 1.807) is 0 Å². The van der Waals surface area contributed by atoms with E-state index in [4.69, 9.17) is 12.2 Å². The van der Waals surface area contributed by atoms with Gasteiger partial charge in [-0.2, -0.15) is 0 Å². The topological polar surface area (TPSA) is 40.7 Å². The lowest BCUT2D eigenvalue weighted by Gasteiger charge is -2.08. The third-order valence-corrected chi connectivity index (χ3v) is 2.53. The second kappa shape index (κ2) is 2.95. The van der Waals surface area contributed by atoms with Crippen molar-refractivity contribution in [3.8, 4) is 0 Å². The zero-order chi connectivity index (χ0) is 8.55. The molecular weight excluding hydrogens is 170 g/mol. The standard InChI is InChI=1S/C8H11N3S/c1-9-6-3-2-5-4-10-8(12)11-7(5)6/h4,6,9H,2-3H2,1H3,(H,10,11,12). The van der Waals surface area contributed by atoms with Gasteiger partial charge in [0.2, 0.25) is 0 Å². The van der Waals surface area contributed by atoms with Crippen molar-refractivity contribution in [2.24, 2.45) is 0 Å². The SMILES string of the molecule is CNC1CCc2cnc(=S)[nH]c21. The molecule has 0 saturated carbocycles. The monoisotopic (exact) mass is 181 g/mol. The van der Waals surface area contributed by atoms with E-state index in [0.717, 1.165) is 12.8 Å². The molecule has 0 aromatic carbocycles. The predicted molar refractivity (Wildman–Crippen MR) is 49.5 cm³/mol. The highest BCUT2D eigenvalue weighted by molar-refractivity contribution is 7.71. The van der Waals surface area contributed by atoms with Crippen molar-refractivity contribution in [3.05, 3.63) is 22.2 Å². The zero-order valence-electron chi connectivity index (χ0n) is 6.92. The number of aromatic nitrogens is 2. The normalized spacial score (nSPS) is 20.9. The minimum absolute atomic E-state index is 0.435. The zero-order valence-corrected chi connectivity index (χ0v) is 7.74. The summed E-state index contributed by atoms with van der Waals surface area (Å²) in [5.41, 5.74) is 2.51. The summed E-state index contributed by atoms with van der Waals surface area (Å²) in [6, 6.07) is 0.435. The first-order valence-corrected chi connectivity index (χ1v) is 4.47. The fourth-order valence-corrected chi connectivity index (χ4v) is 1.84. The summed E-state index contributed by atoms with van der Waals surface area (Å²) in [4.78, 5) is 7.18. The number of hydrogen-bond acceptors (Lipinski definition) is 3. The number of H-pyrrole nitrogens is 1. The summed E-state index contributed by atoms with van der Waals surface area (Å²) in [5, 5.41) is 3.24. The lowest BCUT2D eigenvalue weighted by Crippen LogP contribution is -2.14. The maximum atomic E-state index is 4.96. The average molecular weight is 181 g/mol. The van der Waals surface area contributed by atoms with Crippen LogP contribution in [0.25, 0.3) is 0 Å². The van der Waals surface area contributed by atoms with E-state index in [0.29, 0.717) is 10.8 Å². The highest BCUT2D eigenvalue weighted by atomic mass is 32.1. The molecule has 1 aromatic rings. The molecule has 1 unspecified atom stereocenters. The van der Waals surface area contributed by atoms with Gasteiger partial charge in [0, 0.05) is 17.9 Å². The van der Waals surface area contributed by atoms with Crippen molar-refractivity contribution in [2.45, 2.75) is 18.9 Å². The molecule has 0 radical (unpaired) electrons.